The van der Waals surface area contributed by atoms with Gasteiger partial charge in [-0.2, -0.15) is 0 Å². The lowest BCUT2D eigenvalue weighted by Crippen LogP contribution is -2.31. The van der Waals surface area contributed by atoms with Crippen LogP contribution in [-0.4, -0.2) is 11.9 Å². The lowest BCUT2D eigenvalue weighted by molar-refractivity contribution is 0.1000. The van der Waals surface area contributed by atoms with Crippen molar-refractivity contribution in [1.29, 1.82) is 0 Å². The van der Waals surface area contributed by atoms with E-state index in [0.717, 1.165) is 12.1 Å². The molecular formula is C15H24N2O. The molecule has 18 heavy (non-hydrogen) atoms. The summed E-state index contributed by atoms with van der Waals surface area (Å²) in [4.78, 5) is 11.1. The van der Waals surface area contributed by atoms with Gasteiger partial charge in [-0.05, 0) is 43.0 Å². The van der Waals surface area contributed by atoms with Crippen molar-refractivity contribution in [3.63, 3.8) is 0 Å². The molecule has 1 aromatic rings. The van der Waals surface area contributed by atoms with Gasteiger partial charge in [0.1, 0.15) is 0 Å². The van der Waals surface area contributed by atoms with Crippen LogP contribution >= 0.6 is 0 Å². The molecule has 2 unspecified atom stereocenters. The predicted molar refractivity (Wildman–Crippen MR) is 75.5 cm³/mol. The standard InChI is InChI=1S/C15H24N2O/c1-5-10(2)12(4)17-9-14-7-6-13(15(16)18)8-11(14)3/h6-8,10,12,17H,5,9H2,1-4H3,(H2,16,18). The van der Waals surface area contributed by atoms with Crippen LogP contribution in [0.5, 0.6) is 0 Å². The summed E-state index contributed by atoms with van der Waals surface area (Å²) in [7, 11) is 0. The maximum absolute atomic E-state index is 11.1. The number of amides is 1. The summed E-state index contributed by atoms with van der Waals surface area (Å²) in [6, 6.07) is 6.12. The third kappa shape index (κ3) is 3.84. The average Bonchev–Trinajstić information content (AvgIpc) is 2.35. The van der Waals surface area contributed by atoms with E-state index in [0.29, 0.717) is 17.5 Å². The Labute approximate surface area is 110 Å². The van der Waals surface area contributed by atoms with Gasteiger partial charge in [-0.25, -0.2) is 0 Å². The minimum atomic E-state index is -0.370. The summed E-state index contributed by atoms with van der Waals surface area (Å²) in [5.41, 5.74) is 8.16. The number of benzene rings is 1. The Balaban J connectivity index is 2.66. The lowest BCUT2D eigenvalue weighted by atomic mass is 10.00. The number of carbonyl (C=O) groups excluding carboxylic acids is 1. The number of hydrogen-bond acceptors (Lipinski definition) is 2. The second kappa shape index (κ2) is 6.55. The van der Waals surface area contributed by atoms with Gasteiger partial charge in [-0.1, -0.05) is 26.3 Å². The number of rotatable bonds is 6. The summed E-state index contributed by atoms with van der Waals surface area (Å²) in [6.07, 6.45) is 1.17. The molecule has 0 bridgehead atoms. The molecule has 0 saturated heterocycles. The average molecular weight is 248 g/mol. The van der Waals surface area contributed by atoms with Crippen molar-refractivity contribution in [2.24, 2.45) is 11.7 Å². The van der Waals surface area contributed by atoms with Crippen LogP contribution in [0.4, 0.5) is 0 Å². The first-order valence-electron chi connectivity index (χ1n) is 6.58. The van der Waals surface area contributed by atoms with E-state index in [1.807, 2.05) is 19.1 Å². The fraction of sp³-hybridized carbons (Fsp3) is 0.533. The van der Waals surface area contributed by atoms with Crippen LogP contribution in [-0.2, 0) is 6.54 Å². The number of aryl methyl sites for hydroxylation is 1. The van der Waals surface area contributed by atoms with Crippen LogP contribution in [0.2, 0.25) is 0 Å². The van der Waals surface area contributed by atoms with E-state index in [-0.39, 0.29) is 5.91 Å². The monoisotopic (exact) mass is 248 g/mol. The van der Waals surface area contributed by atoms with E-state index in [2.05, 4.69) is 26.1 Å². The van der Waals surface area contributed by atoms with Crippen LogP contribution < -0.4 is 11.1 Å². The van der Waals surface area contributed by atoms with E-state index in [1.165, 1.54) is 12.0 Å². The second-order valence-corrected chi connectivity index (χ2v) is 5.06. The van der Waals surface area contributed by atoms with Gasteiger partial charge in [0.25, 0.3) is 0 Å². The molecule has 0 aliphatic carbocycles. The van der Waals surface area contributed by atoms with Crippen molar-refractivity contribution in [2.75, 3.05) is 0 Å². The largest absolute Gasteiger partial charge is 0.366 e. The highest BCUT2D eigenvalue weighted by molar-refractivity contribution is 5.93. The SMILES string of the molecule is CCC(C)C(C)NCc1ccc(C(N)=O)cc1C. The molecule has 1 aromatic carbocycles. The zero-order valence-corrected chi connectivity index (χ0v) is 11.8. The molecule has 0 aromatic heterocycles. The third-order valence-electron chi connectivity index (χ3n) is 3.74. The molecule has 0 aliphatic heterocycles. The molecule has 1 amide bonds. The molecular weight excluding hydrogens is 224 g/mol. The Morgan fingerprint density at radius 1 is 1.39 bits per heavy atom. The van der Waals surface area contributed by atoms with Gasteiger partial charge >= 0.3 is 0 Å². The van der Waals surface area contributed by atoms with Gasteiger partial charge < -0.3 is 11.1 Å². The van der Waals surface area contributed by atoms with Gasteiger partial charge in [0.15, 0.2) is 0 Å². The summed E-state index contributed by atoms with van der Waals surface area (Å²) < 4.78 is 0. The lowest BCUT2D eigenvalue weighted by Gasteiger charge is -2.20. The van der Waals surface area contributed by atoms with Gasteiger partial charge in [0.2, 0.25) is 5.91 Å². The molecule has 1 rings (SSSR count). The first kappa shape index (κ1) is 14.7. The molecule has 0 heterocycles. The maximum atomic E-state index is 11.1. The zero-order chi connectivity index (χ0) is 13.7. The van der Waals surface area contributed by atoms with Crippen LogP contribution in [0.3, 0.4) is 0 Å². The first-order valence-corrected chi connectivity index (χ1v) is 6.58. The Morgan fingerprint density at radius 2 is 2.06 bits per heavy atom. The smallest absolute Gasteiger partial charge is 0.248 e. The molecule has 3 nitrogen and oxygen atoms in total. The predicted octanol–water partition coefficient (Wildman–Crippen LogP) is 2.62. The summed E-state index contributed by atoms with van der Waals surface area (Å²) >= 11 is 0. The number of nitrogens with two attached hydrogens (primary N) is 1. The van der Waals surface area contributed by atoms with Crippen LogP contribution in [0.15, 0.2) is 18.2 Å². The maximum Gasteiger partial charge on any atom is 0.248 e. The normalized spacial score (nSPS) is 14.2. The van der Waals surface area contributed by atoms with Crippen molar-refractivity contribution in [3.8, 4) is 0 Å². The minimum Gasteiger partial charge on any atom is -0.366 e. The van der Waals surface area contributed by atoms with Gasteiger partial charge in [0, 0.05) is 18.2 Å². The van der Waals surface area contributed by atoms with Crippen LogP contribution in [0, 0.1) is 12.8 Å². The number of hydrogen-bond donors (Lipinski definition) is 2. The molecule has 0 spiro atoms. The van der Waals surface area contributed by atoms with Gasteiger partial charge in [-0.3, -0.25) is 4.79 Å². The van der Waals surface area contributed by atoms with E-state index in [1.54, 1.807) is 6.07 Å². The van der Waals surface area contributed by atoms with E-state index in [9.17, 15) is 4.79 Å². The summed E-state index contributed by atoms with van der Waals surface area (Å²) in [6.45, 7) is 9.51. The summed E-state index contributed by atoms with van der Waals surface area (Å²) in [5, 5.41) is 3.52. The van der Waals surface area contributed by atoms with Crippen molar-refractivity contribution in [1.82, 2.24) is 5.32 Å². The summed E-state index contributed by atoms with van der Waals surface area (Å²) in [5.74, 6) is 0.292. The topological polar surface area (TPSA) is 55.1 Å². The fourth-order valence-electron chi connectivity index (χ4n) is 1.87. The number of carbonyl (C=O) groups is 1. The van der Waals surface area contributed by atoms with Crippen molar-refractivity contribution in [3.05, 3.63) is 34.9 Å². The molecule has 2 atom stereocenters. The van der Waals surface area contributed by atoms with Crippen molar-refractivity contribution < 1.29 is 4.79 Å². The van der Waals surface area contributed by atoms with E-state index < -0.39 is 0 Å². The van der Waals surface area contributed by atoms with E-state index in [4.69, 9.17) is 5.73 Å². The zero-order valence-electron chi connectivity index (χ0n) is 11.8. The van der Waals surface area contributed by atoms with Crippen molar-refractivity contribution in [2.45, 2.75) is 46.7 Å². The highest BCUT2D eigenvalue weighted by Crippen LogP contribution is 2.13. The molecule has 100 valence electrons. The van der Waals surface area contributed by atoms with Crippen molar-refractivity contribution >= 4 is 5.91 Å². The number of primary amides is 1. The molecule has 0 aliphatic rings. The number of nitrogens with one attached hydrogen (secondary N) is 1. The Morgan fingerprint density at radius 3 is 2.56 bits per heavy atom. The molecule has 0 fully saturated rings. The van der Waals surface area contributed by atoms with Gasteiger partial charge in [0.05, 0.1) is 0 Å². The Kier molecular flexibility index (Phi) is 5.35. The molecule has 3 N–H and O–H groups in total. The molecule has 0 radical (unpaired) electrons. The van der Waals surface area contributed by atoms with E-state index >= 15 is 0 Å². The fourth-order valence-corrected chi connectivity index (χ4v) is 1.87. The first-order chi connectivity index (χ1) is 8.45. The highest BCUT2D eigenvalue weighted by Gasteiger charge is 2.10. The highest BCUT2D eigenvalue weighted by atomic mass is 16.1. The Bertz CT molecular complexity index is 415. The molecule has 3 heteroatoms. The van der Waals surface area contributed by atoms with Gasteiger partial charge in [-0.15, -0.1) is 0 Å². The third-order valence-corrected chi connectivity index (χ3v) is 3.74. The minimum absolute atomic E-state index is 0.370. The Hall–Kier alpha value is -1.35. The molecule has 0 saturated carbocycles. The van der Waals surface area contributed by atoms with Crippen LogP contribution in [0.25, 0.3) is 0 Å². The quantitative estimate of drug-likeness (QED) is 0.813. The second-order valence-electron chi connectivity index (χ2n) is 5.06. The van der Waals surface area contributed by atoms with Crippen LogP contribution in [0.1, 0.15) is 48.7 Å².